The van der Waals surface area contributed by atoms with E-state index in [1.807, 2.05) is 0 Å². The Morgan fingerprint density at radius 2 is 0.522 bits per heavy atom. The van der Waals surface area contributed by atoms with Crippen LogP contribution in [0.3, 0.4) is 0 Å². The molecule has 0 spiro atoms. The van der Waals surface area contributed by atoms with Crippen LogP contribution < -0.4 is 0 Å². The average Bonchev–Trinajstić information content (AvgIpc) is 1.47. The van der Waals surface area contributed by atoms with E-state index in [0.29, 0.717) is 0 Å². The SMILES string of the molecule is CCCCCC1=Cc2c(-c3c4ccccc4cc4ccccc34)ccc(-c3c4ccccc4cc4ccccc34)c2[CH]1[Zr]([CH3])([CH3])(=[SiH2])[CH]1C(CCCCC)=Cc2c(-c3c4ccccc4cc4ccccc34)ccc(-c3c4ccccc4cc4ccccc34)c21.Cl.Cl. The second-order valence-electron chi connectivity index (χ2n) is 26.9. The number of hydrogen-bond donors (Lipinski definition) is 0. The van der Waals surface area contributed by atoms with E-state index in [1.54, 1.807) is 22.3 Å². The van der Waals surface area contributed by atoms with Crippen LogP contribution in [0.15, 0.2) is 254 Å². The number of allylic oxidation sites excluding steroid dienone is 2. The molecule has 0 saturated heterocycles. The van der Waals surface area contributed by atoms with E-state index in [-0.39, 0.29) is 32.1 Å². The van der Waals surface area contributed by atoms with Crippen molar-refractivity contribution in [2.75, 3.05) is 0 Å². The maximum Gasteiger partial charge on any atom is -0.147 e. The third-order valence-electron chi connectivity index (χ3n) is 20.7. The Bertz CT molecular complexity index is 4820. The van der Waals surface area contributed by atoms with E-state index in [0.717, 1.165) is 12.8 Å². The van der Waals surface area contributed by atoms with Crippen LogP contribution in [-0.4, -0.2) is 6.88 Å². The fraction of sp³-hybridized carbons (Fsp3) is 0.163. The van der Waals surface area contributed by atoms with Crippen molar-refractivity contribution in [1.82, 2.24) is 0 Å². The summed E-state index contributed by atoms with van der Waals surface area (Å²) in [5, 5.41) is 20.9. The average molecular weight is 1300 g/mol. The molecule has 2 aliphatic rings. The summed E-state index contributed by atoms with van der Waals surface area (Å²) in [7, 11) is 0. The van der Waals surface area contributed by atoms with Crippen molar-refractivity contribution in [3.05, 3.63) is 276 Å². The zero-order chi connectivity index (χ0) is 59.3. The largest absolute Gasteiger partial charge is 0.147 e. The fourth-order valence-electron chi connectivity index (χ4n) is 17.1. The van der Waals surface area contributed by atoms with Gasteiger partial charge in [0.15, 0.2) is 0 Å². The van der Waals surface area contributed by atoms with Gasteiger partial charge in [-0.2, -0.15) is 0 Å². The molecule has 0 aromatic heterocycles. The van der Waals surface area contributed by atoms with Gasteiger partial charge in [-0.25, -0.2) is 0 Å². The van der Waals surface area contributed by atoms with Gasteiger partial charge in [-0.1, -0.05) is 0 Å². The summed E-state index contributed by atoms with van der Waals surface area (Å²) in [6.45, 7) is 7.34. The molecule has 0 saturated carbocycles. The number of hydrogen-bond acceptors (Lipinski definition) is 0. The van der Waals surface area contributed by atoms with Crippen LogP contribution in [0.4, 0.5) is 0 Å². The molecule has 0 amide bonds. The number of halogens is 2. The van der Waals surface area contributed by atoms with E-state index in [1.165, 1.54) is 180 Å². The van der Waals surface area contributed by atoms with Crippen LogP contribution in [0.1, 0.15) is 94.7 Å². The monoisotopic (exact) mass is 1300 g/mol. The van der Waals surface area contributed by atoms with Crippen LogP contribution >= 0.6 is 24.8 Å². The first-order chi connectivity index (χ1) is 43.2. The molecule has 0 aliphatic heterocycles. The number of unbranched alkanes of at least 4 members (excludes halogenated alkanes) is 4. The molecule has 2 atom stereocenters. The predicted molar refractivity (Wildman–Crippen MR) is 399 cm³/mol. The molecule has 2 unspecified atom stereocenters. The molecule has 442 valence electrons. The molecule has 0 heterocycles. The van der Waals surface area contributed by atoms with Gasteiger partial charge in [0.1, 0.15) is 0 Å². The molecule has 0 radical (unpaired) electrons. The maximum atomic E-state index is 2.95. The standard InChI is InChI=1S/2C42H33.2CH3.2ClH.H2Si.Zr/c2*1-2-3-4-13-28-24-39-37(41-33-18-9-5-14-29(33)26-30-15-6-10-19-34(30)41)22-23-38(40(39)25-28)42-35-20-11-7-16-31(35)27-32-17-8-12-21-36(32)42;;;;;;/h2*5-12,14-27H,2-4,13H2,1H3;2*1H3;2*1H;1H2;. The van der Waals surface area contributed by atoms with E-state index in [4.69, 9.17) is 0 Å². The van der Waals surface area contributed by atoms with Gasteiger partial charge in [0, 0.05) is 0 Å². The number of benzene rings is 14. The fourth-order valence-corrected chi connectivity index (χ4v) is 36.8. The van der Waals surface area contributed by atoms with Crippen molar-refractivity contribution in [3.8, 4) is 44.5 Å². The van der Waals surface area contributed by atoms with E-state index >= 15 is 0 Å². The zero-order valence-electron chi connectivity index (χ0n) is 52.1. The molecule has 2 aliphatic carbocycles. The van der Waals surface area contributed by atoms with Crippen LogP contribution in [0.2, 0.25) is 9.26 Å². The van der Waals surface area contributed by atoms with Gasteiger partial charge in [-0.3, -0.25) is 0 Å². The summed E-state index contributed by atoms with van der Waals surface area (Å²) in [6, 6.07) is 93.8. The van der Waals surface area contributed by atoms with Gasteiger partial charge in [-0.05, 0) is 0 Å². The molecule has 14 aromatic carbocycles. The number of fused-ring (bicyclic) bond motifs is 10. The van der Waals surface area contributed by atoms with E-state index < -0.39 is 17.4 Å². The van der Waals surface area contributed by atoms with Crippen molar-refractivity contribution >= 4 is 130 Å². The molecular weight excluding hydrogens is 1220 g/mol. The summed E-state index contributed by atoms with van der Waals surface area (Å²) in [4.78, 5) is 0. The first-order valence-electron chi connectivity index (χ1n) is 32.6. The summed E-state index contributed by atoms with van der Waals surface area (Å²) >= 11 is -4.77. The topological polar surface area (TPSA) is 0 Å². The summed E-state index contributed by atoms with van der Waals surface area (Å²) in [5.41, 5.74) is 20.3. The van der Waals surface area contributed by atoms with Crippen LogP contribution in [-0.2, 0) is 17.4 Å². The molecule has 4 heteroatoms. The van der Waals surface area contributed by atoms with Gasteiger partial charge in [-0.15, -0.1) is 24.8 Å². The minimum absolute atomic E-state index is 0. The summed E-state index contributed by atoms with van der Waals surface area (Å²) in [5.74, 6) is 0. The molecule has 0 nitrogen and oxygen atoms in total. The Morgan fingerprint density at radius 1 is 0.300 bits per heavy atom. The first-order valence-corrected chi connectivity index (χ1v) is 46.3. The predicted octanol–water partition coefficient (Wildman–Crippen LogP) is 25.5. The Kier molecular flexibility index (Phi) is 15.9. The molecule has 90 heavy (non-hydrogen) atoms. The third kappa shape index (κ3) is 9.69. The van der Waals surface area contributed by atoms with Gasteiger partial charge < -0.3 is 0 Å². The summed E-state index contributed by atoms with van der Waals surface area (Å²) < 4.78 is 6.36. The van der Waals surface area contributed by atoms with Gasteiger partial charge in [0.2, 0.25) is 0 Å². The van der Waals surface area contributed by atoms with Crippen molar-refractivity contribution < 1.29 is 17.4 Å². The molecule has 16 rings (SSSR count). The Hall–Kier alpha value is -7.68. The van der Waals surface area contributed by atoms with Crippen molar-refractivity contribution in [2.24, 2.45) is 0 Å². The minimum atomic E-state index is -4.77. The molecule has 14 aromatic rings. The molecular formula is C86H76Cl2SiZr. The third-order valence-corrected chi connectivity index (χ3v) is 38.1. The normalized spacial score (nSPS) is 14.8. The zero-order valence-corrected chi connectivity index (χ0v) is 57.6. The van der Waals surface area contributed by atoms with E-state index in [2.05, 4.69) is 285 Å². The maximum absolute atomic E-state index is 4.77. The first kappa shape index (κ1) is 59.9. The van der Waals surface area contributed by atoms with Crippen molar-refractivity contribution in [2.45, 2.75) is 81.7 Å². The Morgan fingerprint density at radius 3 is 0.767 bits per heavy atom. The van der Waals surface area contributed by atoms with Crippen LogP contribution in [0.25, 0.3) is 143 Å². The molecule has 0 N–H and O–H groups in total. The van der Waals surface area contributed by atoms with Crippen molar-refractivity contribution in [3.63, 3.8) is 0 Å². The van der Waals surface area contributed by atoms with Gasteiger partial charge in [0.25, 0.3) is 0 Å². The van der Waals surface area contributed by atoms with Gasteiger partial charge in [0.05, 0.1) is 0 Å². The van der Waals surface area contributed by atoms with Crippen LogP contribution in [0.5, 0.6) is 0 Å². The Balaban J connectivity index is 0.00000354. The number of rotatable bonds is 14. The summed E-state index contributed by atoms with van der Waals surface area (Å²) in [6.07, 6.45) is 14.9. The molecule has 0 fully saturated rings. The smallest absolute Gasteiger partial charge is 0.147 e. The van der Waals surface area contributed by atoms with Crippen LogP contribution in [0, 0.1) is 0 Å². The second kappa shape index (κ2) is 23.8. The van der Waals surface area contributed by atoms with Gasteiger partial charge >= 0.3 is 525 Å². The van der Waals surface area contributed by atoms with E-state index in [9.17, 15) is 0 Å². The Labute approximate surface area is 545 Å². The quantitative estimate of drug-likeness (QED) is 0.0578. The minimum Gasteiger partial charge on any atom is -0.147 e. The molecule has 0 bridgehead atoms. The van der Waals surface area contributed by atoms with Crippen molar-refractivity contribution in [1.29, 1.82) is 0 Å². The second-order valence-corrected chi connectivity index (χ2v) is 57.4.